The first kappa shape index (κ1) is 19.7. The lowest BCUT2D eigenvalue weighted by molar-refractivity contribution is 0.241. The van der Waals surface area contributed by atoms with Gasteiger partial charge in [-0.1, -0.05) is 18.2 Å². The molecule has 0 spiro atoms. The topological polar surface area (TPSA) is 45.7 Å². The lowest BCUT2D eigenvalue weighted by Gasteiger charge is -2.18. The summed E-state index contributed by atoms with van der Waals surface area (Å²) in [6, 6.07) is 8.83. The van der Waals surface area contributed by atoms with Gasteiger partial charge in [0.15, 0.2) is 5.96 Å². The third kappa shape index (κ3) is 5.18. The molecule has 2 aliphatic rings. The van der Waals surface area contributed by atoms with Crippen LogP contribution in [-0.2, 0) is 6.42 Å². The van der Waals surface area contributed by atoms with Gasteiger partial charge in [-0.25, -0.2) is 4.99 Å². The Balaban J connectivity index is 0.00000208. The Morgan fingerprint density at radius 3 is 2.88 bits per heavy atom. The maximum atomic E-state index is 5.97. The highest BCUT2D eigenvalue weighted by molar-refractivity contribution is 14.0. The van der Waals surface area contributed by atoms with E-state index in [0.717, 1.165) is 29.9 Å². The minimum Gasteiger partial charge on any atom is -0.488 e. The molecule has 6 heteroatoms. The van der Waals surface area contributed by atoms with Gasteiger partial charge in [-0.3, -0.25) is 0 Å². The van der Waals surface area contributed by atoms with Gasteiger partial charge in [-0.15, -0.1) is 24.0 Å². The van der Waals surface area contributed by atoms with E-state index in [4.69, 9.17) is 9.73 Å². The maximum absolute atomic E-state index is 5.97. The van der Waals surface area contributed by atoms with E-state index < -0.39 is 0 Å². The molecule has 3 rings (SSSR count). The van der Waals surface area contributed by atoms with Crippen molar-refractivity contribution in [1.82, 2.24) is 10.6 Å². The van der Waals surface area contributed by atoms with Gasteiger partial charge in [0.2, 0.25) is 0 Å². The molecule has 0 aromatic heterocycles. The second-order valence-electron chi connectivity index (χ2n) is 6.28. The van der Waals surface area contributed by atoms with Crippen LogP contribution in [0.15, 0.2) is 29.3 Å². The van der Waals surface area contributed by atoms with Crippen LogP contribution in [-0.4, -0.2) is 42.7 Å². The average Bonchev–Trinajstić information content (AvgIpc) is 3.18. The van der Waals surface area contributed by atoms with Crippen molar-refractivity contribution in [2.24, 2.45) is 4.99 Å². The predicted molar refractivity (Wildman–Crippen MR) is 114 cm³/mol. The molecule has 1 aliphatic heterocycles. The highest BCUT2D eigenvalue weighted by Crippen LogP contribution is 2.29. The summed E-state index contributed by atoms with van der Waals surface area (Å²) < 4.78 is 5.97. The normalized spacial score (nSPS) is 25.6. The van der Waals surface area contributed by atoms with Gasteiger partial charge in [0.25, 0.3) is 0 Å². The van der Waals surface area contributed by atoms with Crippen LogP contribution in [0.4, 0.5) is 0 Å². The average molecular weight is 461 g/mol. The lowest BCUT2D eigenvalue weighted by atomic mass is 10.1. The van der Waals surface area contributed by atoms with E-state index in [0.29, 0.717) is 12.6 Å². The summed E-state index contributed by atoms with van der Waals surface area (Å²) >= 11 is 1.98. The van der Waals surface area contributed by atoms with E-state index >= 15 is 0 Å². The van der Waals surface area contributed by atoms with E-state index in [1.807, 2.05) is 23.9 Å². The summed E-state index contributed by atoms with van der Waals surface area (Å²) in [5, 5.41) is 7.75. The predicted octanol–water partition coefficient (Wildman–Crippen LogP) is 3.45. The first-order valence-corrected chi connectivity index (χ1v) is 9.89. The first-order chi connectivity index (χ1) is 11.3. The van der Waals surface area contributed by atoms with Crippen molar-refractivity contribution in [3.05, 3.63) is 29.8 Å². The fraction of sp³-hybridized carbons (Fsp3) is 0.611. The third-order valence-corrected chi connectivity index (χ3v) is 5.66. The second kappa shape index (κ2) is 9.75. The van der Waals surface area contributed by atoms with E-state index in [1.54, 1.807) is 0 Å². The molecule has 1 aromatic carbocycles. The van der Waals surface area contributed by atoms with Gasteiger partial charge < -0.3 is 15.4 Å². The van der Waals surface area contributed by atoms with Gasteiger partial charge in [0.05, 0.1) is 6.54 Å². The van der Waals surface area contributed by atoms with Gasteiger partial charge >= 0.3 is 0 Å². The first-order valence-electron chi connectivity index (χ1n) is 8.60. The molecule has 2 N–H and O–H groups in total. The quantitative estimate of drug-likeness (QED) is 0.401. The van der Waals surface area contributed by atoms with Crippen LogP contribution in [0.3, 0.4) is 0 Å². The van der Waals surface area contributed by atoms with E-state index in [9.17, 15) is 0 Å². The number of hydrogen-bond acceptors (Lipinski definition) is 3. The van der Waals surface area contributed by atoms with Crippen molar-refractivity contribution in [3.8, 4) is 5.75 Å². The van der Waals surface area contributed by atoms with Crippen LogP contribution < -0.4 is 15.4 Å². The molecule has 3 atom stereocenters. The van der Waals surface area contributed by atoms with Gasteiger partial charge in [-0.05, 0) is 44.1 Å². The fourth-order valence-corrected chi connectivity index (χ4v) is 4.14. The molecule has 0 bridgehead atoms. The van der Waals surface area contributed by atoms with Crippen molar-refractivity contribution >= 4 is 41.7 Å². The van der Waals surface area contributed by atoms with Gasteiger partial charge in [0, 0.05) is 24.3 Å². The van der Waals surface area contributed by atoms with Crippen LogP contribution in [0, 0.1) is 0 Å². The molecule has 1 fully saturated rings. The molecular weight excluding hydrogens is 433 g/mol. The number of para-hydroxylation sites is 1. The summed E-state index contributed by atoms with van der Waals surface area (Å²) in [5.41, 5.74) is 1.30. The van der Waals surface area contributed by atoms with E-state index in [2.05, 4.69) is 35.9 Å². The Morgan fingerprint density at radius 2 is 2.17 bits per heavy atom. The Kier molecular flexibility index (Phi) is 8.00. The number of fused-ring (bicyclic) bond motifs is 1. The van der Waals surface area contributed by atoms with Crippen LogP contribution in [0.1, 0.15) is 31.7 Å². The number of guanidine groups is 1. The number of hydrogen-bond donors (Lipinski definition) is 2. The number of nitrogens with zero attached hydrogens (tertiary/aromatic N) is 1. The summed E-state index contributed by atoms with van der Waals surface area (Å²) in [4.78, 5) is 4.76. The zero-order chi connectivity index (χ0) is 16.1. The lowest BCUT2D eigenvalue weighted by Crippen LogP contribution is -2.43. The third-order valence-electron chi connectivity index (χ3n) is 4.57. The molecule has 1 aromatic rings. The van der Waals surface area contributed by atoms with Gasteiger partial charge in [0.1, 0.15) is 11.9 Å². The highest BCUT2D eigenvalue weighted by Gasteiger charge is 2.25. The molecule has 4 nitrogen and oxygen atoms in total. The van der Waals surface area contributed by atoms with Crippen LogP contribution in [0.5, 0.6) is 5.75 Å². The smallest absolute Gasteiger partial charge is 0.191 e. The monoisotopic (exact) mass is 461 g/mol. The van der Waals surface area contributed by atoms with Crippen molar-refractivity contribution in [1.29, 1.82) is 0 Å². The molecule has 3 unspecified atom stereocenters. The van der Waals surface area contributed by atoms with Crippen molar-refractivity contribution < 1.29 is 4.74 Å². The second-order valence-corrected chi connectivity index (χ2v) is 7.42. The van der Waals surface area contributed by atoms with Crippen LogP contribution in [0.2, 0.25) is 0 Å². The zero-order valence-corrected chi connectivity index (χ0v) is 17.6. The van der Waals surface area contributed by atoms with Crippen molar-refractivity contribution in [3.63, 3.8) is 0 Å². The summed E-state index contributed by atoms with van der Waals surface area (Å²) in [7, 11) is 0. The van der Waals surface area contributed by atoms with E-state index in [-0.39, 0.29) is 30.1 Å². The Labute approximate surface area is 166 Å². The summed E-state index contributed by atoms with van der Waals surface area (Å²) in [6.45, 7) is 3.69. The molecule has 134 valence electrons. The van der Waals surface area contributed by atoms with Crippen molar-refractivity contribution in [2.75, 3.05) is 19.3 Å². The fourth-order valence-electron chi connectivity index (χ4n) is 3.35. The number of thioether (sulfide) groups is 1. The number of rotatable bonds is 5. The molecule has 24 heavy (non-hydrogen) atoms. The minimum atomic E-state index is 0. The minimum absolute atomic E-state index is 0. The Morgan fingerprint density at radius 1 is 1.33 bits per heavy atom. The number of nitrogens with one attached hydrogen (secondary N) is 2. The van der Waals surface area contributed by atoms with Crippen LogP contribution in [0.25, 0.3) is 0 Å². The molecular formula is C18H28IN3OS. The molecule has 0 saturated heterocycles. The standard InChI is InChI=1S/C18H27N3OS.HI/c1-3-19-18(21-14-8-9-16(11-14)23-2)20-12-15-10-13-6-4-5-7-17(13)22-15;/h4-7,14-16H,3,8-12H2,1-2H3,(H2,19,20,21);1H. The Hall–Kier alpha value is -0.630. The molecule has 0 amide bonds. The van der Waals surface area contributed by atoms with Crippen LogP contribution >= 0.6 is 35.7 Å². The number of halogens is 1. The molecule has 0 radical (unpaired) electrons. The zero-order valence-electron chi connectivity index (χ0n) is 14.5. The summed E-state index contributed by atoms with van der Waals surface area (Å²) in [5.74, 6) is 1.95. The largest absolute Gasteiger partial charge is 0.488 e. The SMILES string of the molecule is CCNC(=NCC1Cc2ccccc2O1)NC1CCC(SC)C1.I. The number of benzene rings is 1. The molecule has 1 aliphatic carbocycles. The van der Waals surface area contributed by atoms with E-state index in [1.165, 1.54) is 24.8 Å². The van der Waals surface area contributed by atoms with Crippen molar-refractivity contribution in [2.45, 2.75) is 50.0 Å². The molecule has 1 saturated carbocycles. The summed E-state index contributed by atoms with van der Waals surface area (Å²) in [6.07, 6.45) is 7.10. The molecule has 1 heterocycles. The number of aliphatic imine (C=N–C) groups is 1. The highest BCUT2D eigenvalue weighted by atomic mass is 127. The Bertz CT molecular complexity index is 530. The number of ether oxygens (including phenoxy) is 1. The maximum Gasteiger partial charge on any atom is 0.191 e. The van der Waals surface area contributed by atoms with Gasteiger partial charge in [-0.2, -0.15) is 11.8 Å².